The van der Waals surface area contributed by atoms with E-state index in [4.69, 9.17) is 4.74 Å². The summed E-state index contributed by atoms with van der Waals surface area (Å²) >= 11 is 0. The molecule has 29 heavy (non-hydrogen) atoms. The Balaban J connectivity index is 0.00000420. The summed E-state index contributed by atoms with van der Waals surface area (Å²) < 4.78 is 41.2. The van der Waals surface area contributed by atoms with Crippen LogP contribution in [0.5, 0.6) is 5.75 Å². The highest BCUT2D eigenvalue weighted by molar-refractivity contribution is 14.0. The minimum absolute atomic E-state index is 0. The summed E-state index contributed by atoms with van der Waals surface area (Å²) in [5.74, 6) is 1.66. The van der Waals surface area contributed by atoms with E-state index in [0.717, 1.165) is 16.9 Å². The van der Waals surface area contributed by atoms with Crippen molar-refractivity contribution < 1.29 is 17.9 Å². The van der Waals surface area contributed by atoms with Crippen LogP contribution in [0.15, 0.2) is 47.6 Å². The second kappa shape index (κ2) is 11.7. The number of ether oxygens (including phenoxy) is 1. The monoisotopic (exact) mass is 523 g/mol. The third kappa shape index (κ3) is 9.20. The number of guanidine groups is 1. The fourth-order valence-corrected chi connectivity index (χ4v) is 2.28. The Hall–Kier alpha value is -2.24. The molecule has 1 aromatic heterocycles. The molecule has 0 spiro atoms. The molecule has 160 valence electrons. The molecular formula is C19H25F3IN5O. The molecule has 2 aromatic rings. The lowest BCUT2D eigenvalue weighted by Crippen LogP contribution is -2.36. The van der Waals surface area contributed by atoms with Crippen molar-refractivity contribution in [3.05, 3.63) is 53.7 Å². The molecule has 1 heterocycles. The van der Waals surface area contributed by atoms with Crippen LogP contribution in [0.2, 0.25) is 0 Å². The first-order valence-electron chi connectivity index (χ1n) is 8.62. The molecule has 0 aliphatic heterocycles. The largest absolute Gasteiger partial charge is 0.484 e. The van der Waals surface area contributed by atoms with Gasteiger partial charge in [0.25, 0.3) is 0 Å². The number of nitrogens with one attached hydrogen (secondary N) is 2. The Morgan fingerprint density at radius 1 is 1.07 bits per heavy atom. The molecule has 0 aliphatic carbocycles. The number of hydrogen-bond acceptors (Lipinski definition) is 4. The fraction of sp³-hybridized carbons (Fsp3) is 0.368. The van der Waals surface area contributed by atoms with Gasteiger partial charge >= 0.3 is 6.18 Å². The number of alkyl halides is 3. The third-order valence-corrected chi connectivity index (χ3v) is 3.74. The number of aromatic nitrogens is 1. The highest BCUT2D eigenvalue weighted by Gasteiger charge is 2.28. The highest BCUT2D eigenvalue weighted by Crippen LogP contribution is 2.18. The number of rotatable bonds is 7. The molecule has 0 fully saturated rings. The number of benzene rings is 1. The van der Waals surface area contributed by atoms with Gasteiger partial charge in [-0.1, -0.05) is 12.1 Å². The highest BCUT2D eigenvalue weighted by atomic mass is 127. The molecule has 10 heteroatoms. The molecule has 0 amide bonds. The van der Waals surface area contributed by atoms with Gasteiger partial charge in [0.1, 0.15) is 11.6 Å². The van der Waals surface area contributed by atoms with Crippen molar-refractivity contribution >= 4 is 35.8 Å². The van der Waals surface area contributed by atoms with E-state index in [2.05, 4.69) is 20.6 Å². The van der Waals surface area contributed by atoms with E-state index in [1.54, 1.807) is 25.4 Å². The number of nitrogens with zero attached hydrogens (tertiary/aromatic N) is 3. The van der Waals surface area contributed by atoms with Gasteiger partial charge in [-0.25, -0.2) is 4.98 Å². The second-order valence-electron chi connectivity index (χ2n) is 6.24. The quantitative estimate of drug-likeness (QED) is 0.330. The fourth-order valence-electron chi connectivity index (χ4n) is 2.28. The topological polar surface area (TPSA) is 61.8 Å². The average Bonchev–Trinajstić information content (AvgIpc) is 2.67. The van der Waals surface area contributed by atoms with E-state index in [-0.39, 0.29) is 29.7 Å². The SMILES string of the molecule is CN=C(NCc1ccc(OCC(F)(F)F)cc1)NCc1ccnc(N(C)C)c1.I. The predicted octanol–water partition coefficient (Wildman–Crippen LogP) is 3.57. The van der Waals surface area contributed by atoms with Crippen LogP contribution in [0, 0.1) is 0 Å². The Morgan fingerprint density at radius 2 is 1.69 bits per heavy atom. The van der Waals surface area contributed by atoms with E-state index in [0.29, 0.717) is 19.0 Å². The van der Waals surface area contributed by atoms with Crippen molar-refractivity contribution in [1.82, 2.24) is 15.6 Å². The van der Waals surface area contributed by atoms with Gasteiger partial charge in [-0.05, 0) is 35.4 Å². The smallest absolute Gasteiger partial charge is 0.422 e. The van der Waals surface area contributed by atoms with E-state index in [1.165, 1.54) is 12.1 Å². The van der Waals surface area contributed by atoms with Gasteiger partial charge in [0.15, 0.2) is 12.6 Å². The van der Waals surface area contributed by atoms with Crippen LogP contribution in [0.1, 0.15) is 11.1 Å². The first-order valence-corrected chi connectivity index (χ1v) is 8.62. The van der Waals surface area contributed by atoms with Crippen LogP contribution < -0.4 is 20.3 Å². The van der Waals surface area contributed by atoms with Gasteiger partial charge in [0.2, 0.25) is 0 Å². The summed E-state index contributed by atoms with van der Waals surface area (Å²) in [6.07, 6.45) is -2.59. The van der Waals surface area contributed by atoms with Crippen LogP contribution in [0.25, 0.3) is 0 Å². The molecule has 1 aromatic carbocycles. The lowest BCUT2D eigenvalue weighted by molar-refractivity contribution is -0.153. The van der Waals surface area contributed by atoms with Crippen molar-refractivity contribution in [2.24, 2.45) is 4.99 Å². The maximum atomic E-state index is 12.2. The first kappa shape index (κ1) is 24.8. The van der Waals surface area contributed by atoms with Crippen molar-refractivity contribution in [3.8, 4) is 5.75 Å². The minimum Gasteiger partial charge on any atom is -0.484 e. The molecule has 0 unspecified atom stereocenters. The zero-order valence-corrected chi connectivity index (χ0v) is 18.8. The summed E-state index contributed by atoms with van der Waals surface area (Å²) in [4.78, 5) is 10.4. The summed E-state index contributed by atoms with van der Waals surface area (Å²) in [6, 6.07) is 10.3. The zero-order chi connectivity index (χ0) is 20.6. The van der Waals surface area contributed by atoms with Gasteiger partial charge < -0.3 is 20.3 Å². The van der Waals surface area contributed by atoms with Gasteiger partial charge in [0, 0.05) is 40.4 Å². The molecule has 6 nitrogen and oxygen atoms in total. The van der Waals surface area contributed by atoms with E-state index in [9.17, 15) is 13.2 Å². The van der Waals surface area contributed by atoms with Crippen molar-refractivity contribution in [1.29, 1.82) is 0 Å². The van der Waals surface area contributed by atoms with Gasteiger partial charge in [-0.2, -0.15) is 13.2 Å². The van der Waals surface area contributed by atoms with Crippen LogP contribution in [-0.2, 0) is 13.1 Å². The minimum atomic E-state index is -4.35. The number of anilines is 1. The van der Waals surface area contributed by atoms with Gasteiger partial charge in [-0.15, -0.1) is 24.0 Å². The number of halogens is 4. The molecule has 0 saturated carbocycles. The standard InChI is InChI=1S/C19H24F3N5O.HI/c1-23-18(26-12-15-8-9-24-17(10-15)27(2)3)25-11-14-4-6-16(7-5-14)28-13-19(20,21)22;/h4-10H,11-13H2,1-3H3,(H2,23,25,26);1H. The van der Waals surface area contributed by atoms with Crippen LogP contribution >= 0.6 is 24.0 Å². The summed E-state index contributed by atoms with van der Waals surface area (Å²) in [6.45, 7) is -0.253. The van der Waals surface area contributed by atoms with Crippen molar-refractivity contribution in [2.45, 2.75) is 19.3 Å². The molecule has 2 rings (SSSR count). The Morgan fingerprint density at radius 3 is 2.24 bits per heavy atom. The number of pyridine rings is 1. The summed E-state index contributed by atoms with van der Waals surface area (Å²) in [7, 11) is 5.53. The molecule has 0 atom stereocenters. The van der Waals surface area contributed by atoms with E-state index >= 15 is 0 Å². The second-order valence-corrected chi connectivity index (χ2v) is 6.24. The van der Waals surface area contributed by atoms with Crippen molar-refractivity contribution in [2.75, 3.05) is 32.6 Å². The van der Waals surface area contributed by atoms with Crippen molar-refractivity contribution in [3.63, 3.8) is 0 Å². The summed E-state index contributed by atoms with van der Waals surface area (Å²) in [5.41, 5.74) is 1.95. The normalized spacial score (nSPS) is 11.4. The maximum Gasteiger partial charge on any atom is 0.422 e. The maximum absolute atomic E-state index is 12.2. The molecule has 0 radical (unpaired) electrons. The molecule has 0 bridgehead atoms. The summed E-state index contributed by atoms with van der Waals surface area (Å²) in [5, 5.41) is 6.37. The molecular weight excluding hydrogens is 498 g/mol. The van der Waals surface area contributed by atoms with Crippen LogP contribution in [-0.4, -0.2) is 44.9 Å². The van der Waals surface area contributed by atoms with Crippen LogP contribution in [0.3, 0.4) is 0 Å². The van der Waals surface area contributed by atoms with Gasteiger partial charge in [0.05, 0.1) is 0 Å². The Bertz CT molecular complexity index is 782. The predicted molar refractivity (Wildman–Crippen MR) is 119 cm³/mol. The van der Waals surface area contributed by atoms with Gasteiger partial charge in [-0.3, -0.25) is 4.99 Å². The molecule has 0 aliphatic rings. The van der Waals surface area contributed by atoms with Crippen LogP contribution in [0.4, 0.5) is 19.0 Å². The third-order valence-electron chi connectivity index (χ3n) is 3.74. The van der Waals surface area contributed by atoms with E-state index in [1.807, 2.05) is 31.1 Å². The molecule has 0 saturated heterocycles. The lowest BCUT2D eigenvalue weighted by atomic mass is 10.2. The number of aliphatic imine (C=N–C) groups is 1. The Kier molecular flexibility index (Phi) is 9.99. The lowest BCUT2D eigenvalue weighted by Gasteiger charge is -2.15. The average molecular weight is 523 g/mol. The zero-order valence-electron chi connectivity index (χ0n) is 16.5. The number of hydrogen-bond donors (Lipinski definition) is 2. The molecule has 2 N–H and O–H groups in total. The Labute approximate surface area is 185 Å². The van der Waals surface area contributed by atoms with E-state index < -0.39 is 12.8 Å². The first-order chi connectivity index (χ1) is 13.3.